The molecule has 0 saturated carbocycles. The van der Waals surface area contributed by atoms with E-state index in [4.69, 9.17) is 0 Å². The highest BCUT2D eigenvalue weighted by Crippen LogP contribution is 2.30. The van der Waals surface area contributed by atoms with E-state index in [1.807, 2.05) is 44.2 Å². The maximum absolute atomic E-state index is 14.1. The Balaban J connectivity index is 2.51. The predicted molar refractivity (Wildman–Crippen MR) is 80.8 cm³/mol. The molecule has 1 atom stereocenters. The first-order valence-electron chi connectivity index (χ1n) is 6.37. The van der Waals surface area contributed by atoms with E-state index in [1.165, 1.54) is 6.07 Å². The molecule has 1 N–H and O–H groups in total. The summed E-state index contributed by atoms with van der Waals surface area (Å²) in [6.45, 7) is 4.78. The SMILES string of the molecule is CCNC(c1cc(C)ccc1F)c1ccccc1Br. The molecule has 0 bridgehead atoms. The van der Waals surface area contributed by atoms with Crippen LogP contribution in [0, 0.1) is 12.7 Å². The van der Waals surface area contributed by atoms with Gasteiger partial charge in [-0.2, -0.15) is 0 Å². The minimum Gasteiger partial charge on any atom is -0.306 e. The van der Waals surface area contributed by atoms with Crippen molar-refractivity contribution in [2.24, 2.45) is 0 Å². The first-order chi connectivity index (χ1) is 9.13. The zero-order chi connectivity index (χ0) is 13.8. The van der Waals surface area contributed by atoms with Gasteiger partial charge in [-0.3, -0.25) is 0 Å². The van der Waals surface area contributed by atoms with Crippen LogP contribution in [-0.2, 0) is 0 Å². The molecule has 0 spiro atoms. The molecule has 2 aromatic rings. The molecule has 0 aromatic heterocycles. The summed E-state index contributed by atoms with van der Waals surface area (Å²) in [7, 11) is 0. The molecule has 100 valence electrons. The second-order valence-corrected chi connectivity index (χ2v) is 5.39. The first-order valence-corrected chi connectivity index (χ1v) is 7.16. The minimum atomic E-state index is -0.174. The number of benzene rings is 2. The lowest BCUT2D eigenvalue weighted by atomic mass is 9.97. The van der Waals surface area contributed by atoms with E-state index in [9.17, 15) is 4.39 Å². The average Bonchev–Trinajstić information content (AvgIpc) is 2.40. The van der Waals surface area contributed by atoms with Gasteiger partial charge in [-0.05, 0) is 31.2 Å². The molecule has 0 fully saturated rings. The standard InChI is InChI=1S/C16H17BrFN/c1-3-19-16(12-6-4-5-7-14(12)17)13-10-11(2)8-9-15(13)18/h4-10,16,19H,3H2,1-2H3. The van der Waals surface area contributed by atoms with Gasteiger partial charge in [-0.15, -0.1) is 0 Å². The second-order valence-electron chi connectivity index (χ2n) is 4.54. The van der Waals surface area contributed by atoms with Crippen LogP contribution in [0.15, 0.2) is 46.9 Å². The number of hydrogen-bond donors (Lipinski definition) is 1. The number of hydrogen-bond acceptors (Lipinski definition) is 1. The van der Waals surface area contributed by atoms with Crippen LogP contribution in [-0.4, -0.2) is 6.54 Å². The number of halogens is 2. The van der Waals surface area contributed by atoms with Crippen LogP contribution in [0.4, 0.5) is 4.39 Å². The van der Waals surface area contributed by atoms with Gasteiger partial charge in [0.05, 0.1) is 6.04 Å². The molecule has 1 unspecified atom stereocenters. The summed E-state index contributed by atoms with van der Waals surface area (Å²) in [6.07, 6.45) is 0. The number of aryl methyl sites for hydroxylation is 1. The van der Waals surface area contributed by atoms with Crippen molar-refractivity contribution in [3.8, 4) is 0 Å². The zero-order valence-corrected chi connectivity index (χ0v) is 12.7. The third-order valence-corrected chi connectivity index (χ3v) is 3.81. The van der Waals surface area contributed by atoms with Gasteiger partial charge in [0.15, 0.2) is 0 Å². The Morgan fingerprint density at radius 2 is 1.89 bits per heavy atom. The van der Waals surface area contributed by atoms with E-state index in [0.717, 1.165) is 22.1 Å². The monoisotopic (exact) mass is 321 g/mol. The maximum atomic E-state index is 14.1. The van der Waals surface area contributed by atoms with Crippen molar-refractivity contribution in [3.63, 3.8) is 0 Å². The summed E-state index contributed by atoms with van der Waals surface area (Å²) < 4.78 is 15.1. The van der Waals surface area contributed by atoms with Gasteiger partial charge in [0.2, 0.25) is 0 Å². The van der Waals surface area contributed by atoms with E-state index < -0.39 is 0 Å². The Morgan fingerprint density at radius 3 is 2.58 bits per heavy atom. The number of rotatable bonds is 4. The van der Waals surface area contributed by atoms with Crippen LogP contribution in [0.25, 0.3) is 0 Å². The predicted octanol–water partition coefficient (Wildman–Crippen LogP) is 4.60. The van der Waals surface area contributed by atoms with E-state index >= 15 is 0 Å². The van der Waals surface area contributed by atoms with Crippen LogP contribution in [0.3, 0.4) is 0 Å². The van der Waals surface area contributed by atoms with Gasteiger partial charge in [0.1, 0.15) is 5.82 Å². The molecule has 0 saturated heterocycles. The molecule has 0 aliphatic rings. The van der Waals surface area contributed by atoms with Gasteiger partial charge < -0.3 is 5.32 Å². The molecule has 2 rings (SSSR count). The van der Waals surface area contributed by atoms with Crippen LogP contribution in [0.1, 0.15) is 29.7 Å². The smallest absolute Gasteiger partial charge is 0.128 e. The Labute approximate surface area is 122 Å². The Bertz CT molecular complexity index is 568. The fraction of sp³-hybridized carbons (Fsp3) is 0.250. The summed E-state index contributed by atoms with van der Waals surface area (Å²) in [5.74, 6) is -0.174. The Hall–Kier alpha value is -1.19. The fourth-order valence-corrected chi connectivity index (χ4v) is 2.70. The molecular formula is C16H17BrFN. The number of nitrogens with one attached hydrogen (secondary N) is 1. The largest absolute Gasteiger partial charge is 0.306 e. The van der Waals surface area contributed by atoms with Crippen LogP contribution in [0.5, 0.6) is 0 Å². The Morgan fingerprint density at radius 1 is 1.16 bits per heavy atom. The normalized spacial score (nSPS) is 12.4. The van der Waals surface area contributed by atoms with Crippen molar-refractivity contribution < 1.29 is 4.39 Å². The zero-order valence-electron chi connectivity index (χ0n) is 11.1. The van der Waals surface area contributed by atoms with Crippen molar-refractivity contribution >= 4 is 15.9 Å². The van der Waals surface area contributed by atoms with E-state index in [0.29, 0.717) is 5.56 Å². The van der Waals surface area contributed by atoms with Gasteiger partial charge >= 0.3 is 0 Å². The van der Waals surface area contributed by atoms with E-state index in [2.05, 4.69) is 21.2 Å². The summed E-state index contributed by atoms with van der Waals surface area (Å²) in [6, 6.07) is 13.0. The molecule has 0 amide bonds. The van der Waals surface area contributed by atoms with Gasteiger partial charge in [-0.1, -0.05) is 58.7 Å². The van der Waals surface area contributed by atoms with Crippen molar-refractivity contribution in [1.82, 2.24) is 5.32 Å². The highest BCUT2D eigenvalue weighted by molar-refractivity contribution is 9.10. The van der Waals surface area contributed by atoms with Crippen molar-refractivity contribution in [1.29, 1.82) is 0 Å². The van der Waals surface area contributed by atoms with Crippen LogP contribution in [0.2, 0.25) is 0 Å². The summed E-state index contributed by atoms with van der Waals surface area (Å²) >= 11 is 3.54. The highest BCUT2D eigenvalue weighted by Gasteiger charge is 2.19. The topological polar surface area (TPSA) is 12.0 Å². The average molecular weight is 322 g/mol. The molecule has 0 aliphatic heterocycles. The molecule has 0 aliphatic carbocycles. The third kappa shape index (κ3) is 3.23. The molecule has 1 nitrogen and oxygen atoms in total. The van der Waals surface area contributed by atoms with Gasteiger partial charge in [0.25, 0.3) is 0 Å². The lowest BCUT2D eigenvalue weighted by Crippen LogP contribution is -2.23. The second kappa shape index (κ2) is 6.31. The molecule has 2 aromatic carbocycles. The highest BCUT2D eigenvalue weighted by atomic mass is 79.9. The van der Waals surface area contributed by atoms with E-state index in [-0.39, 0.29) is 11.9 Å². The lowest BCUT2D eigenvalue weighted by Gasteiger charge is -2.21. The Kier molecular flexibility index (Phi) is 4.72. The quantitative estimate of drug-likeness (QED) is 0.868. The summed E-state index contributed by atoms with van der Waals surface area (Å²) in [5.41, 5.74) is 2.80. The maximum Gasteiger partial charge on any atom is 0.128 e. The van der Waals surface area contributed by atoms with Crippen LogP contribution >= 0.6 is 15.9 Å². The van der Waals surface area contributed by atoms with E-state index in [1.54, 1.807) is 6.07 Å². The summed E-state index contributed by atoms with van der Waals surface area (Å²) in [4.78, 5) is 0. The molecule has 0 radical (unpaired) electrons. The first kappa shape index (κ1) is 14.2. The molecule has 0 heterocycles. The molecule has 19 heavy (non-hydrogen) atoms. The fourth-order valence-electron chi connectivity index (χ4n) is 2.19. The summed E-state index contributed by atoms with van der Waals surface area (Å²) in [5, 5.41) is 3.35. The van der Waals surface area contributed by atoms with Crippen molar-refractivity contribution in [3.05, 3.63) is 69.4 Å². The molecule has 3 heteroatoms. The molecular weight excluding hydrogens is 305 g/mol. The van der Waals surface area contributed by atoms with Gasteiger partial charge in [0, 0.05) is 10.0 Å². The van der Waals surface area contributed by atoms with Crippen LogP contribution < -0.4 is 5.32 Å². The lowest BCUT2D eigenvalue weighted by molar-refractivity contribution is 0.557. The third-order valence-electron chi connectivity index (χ3n) is 3.09. The van der Waals surface area contributed by atoms with Gasteiger partial charge in [-0.25, -0.2) is 4.39 Å². The minimum absolute atomic E-state index is 0.138. The van der Waals surface area contributed by atoms with Crippen molar-refractivity contribution in [2.75, 3.05) is 6.54 Å². The van der Waals surface area contributed by atoms with Crippen molar-refractivity contribution in [2.45, 2.75) is 19.9 Å².